The van der Waals surface area contributed by atoms with Crippen molar-refractivity contribution in [1.29, 1.82) is 0 Å². The lowest BCUT2D eigenvalue weighted by Crippen LogP contribution is -2.35. The van der Waals surface area contributed by atoms with Crippen LogP contribution in [0.15, 0.2) is 24.3 Å². The number of anilines is 1. The molecule has 0 heterocycles. The summed E-state index contributed by atoms with van der Waals surface area (Å²) in [6.07, 6.45) is 2.75. The monoisotopic (exact) mass is 277 g/mol. The fourth-order valence-electron chi connectivity index (χ4n) is 2.96. The average Bonchev–Trinajstić information content (AvgIpc) is 2.39. The Balaban J connectivity index is 1.90. The first-order chi connectivity index (χ1) is 9.60. The van der Waals surface area contributed by atoms with E-state index in [0.717, 1.165) is 24.9 Å². The highest BCUT2D eigenvalue weighted by Gasteiger charge is 2.33. The highest BCUT2D eigenvalue weighted by Crippen LogP contribution is 2.32. The van der Waals surface area contributed by atoms with Crippen LogP contribution in [0.2, 0.25) is 0 Å². The van der Waals surface area contributed by atoms with Gasteiger partial charge in [-0.1, -0.05) is 13.0 Å². The smallest absolute Gasteiger partial charge is 0.309 e. The molecule has 3 atom stereocenters. The van der Waals surface area contributed by atoms with Crippen LogP contribution in [-0.2, 0) is 9.53 Å². The second-order valence-electron chi connectivity index (χ2n) is 5.54. The molecular weight excluding hydrogens is 254 g/mol. The van der Waals surface area contributed by atoms with Crippen molar-refractivity contribution in [1.82, 2.24) is 0 Å². The Kier molecular flexibility index (Phi) is 4.88. The summed E-state index contributed by atoms with van der Waals surface area (Å²) >= 11 is 0. The summed E-state index contributed by atoms with van der Waals surface area (Å²) in [7, 11) is 0. The lowest BCUT2D eigenvalue weighted by Gasteiger charge is -2.33. The fourth-order valence-corrected chi connectivity index (χ4v) is 2.96. The zero-order valence-electron chi connectivity index (χ0n) is 12.1. The molecule has 0 amide bonds. The molecule has 1 aliphatic rings. The Morgan fingerprint density at radius 2 is 2.25 bits per heavy atom. The van der Waals surface area contributed by atoms with Gasteiger partial charge in [-0.05, 0) is 44.2 Å². The van der Waals surface area contributed by atoms with E-state index in [2.05, 4.69) is 12.2 Å². The van der Waals surface area contributed by atoms with Gasteiger partial charge >= 0.3 is 5.97 Å². The van der Waals surface area contributed by atoms with Gasteiger partial charge in [0.05, 0.1) is 12.5 Å². The molecule has 4 nitrogen and oxygen atoms in total. The minimum Gasteiger partial charge on any atom is -0.508 e. The summed E-state index contributed by atoms with van der Waals surface area (Å²) < 4.78 is 5.13. The van der Waals surface area contributed by atoms with E-state index in [0.29, 0.717) is 18.6 Å². The van der Waals surface area contributed by atoms with E-state index in [9.17, 15) is 9.90 Å². The van der Waals surface area contributed by atoms with Crippen LogP contribution in [0.1, 0.15) is 33.1 Å². The minimum atomic E-state index is -0.0594. The minimum absolute atomic E-state index is 0.0252. The van der Waals surface area contributed by atoms with Gasteiger partial charge < -0.3 is 15.2 Å². The van der Waals surface area contributed by atoms with Crippen molar-refractivity contribution in [3.8, 4) is 5.75 Å². The van der Waals surface area contributed by atoms with E-state index in [4.69, 9.17) is 4.74 Å². The summed E-state index contributed by atoms with van der Waals surface area (Å²) in [5, 5.41) is 12.9. The van der Waals surface area contributed by atoms with E-state index in [-0.39, 0.29) is 17.6 Å². The van der Waals surface area contributed by atoms with Gasteiger partial charge in [0.25, 0.3) is 0 Å². The predicted octanol–water partition coefficient (Wildman–Crippen LogP) is 3.17. The van der Waals surface area contributed by atoms with Gasteiger partial charge in [-0.25, -0.2) is 0 Å². The Morgan fingerprint density at radius 3 is 2.90 bits per heavy atom. The molecule has 1 aliphatic carbocycles. The van der Waals surface area contributed by atoms with Gasteiger partial charge in [-0.3, -0.25) is 4.79 Å². The third-order valence-electron chi connectivity index (χ3n) is 3.98. The van der Waals surface area contributed by atoms with Crippen LogP contribution in [0, 0.1) is 11.8 Å². The number of phenolic OH excluding ortho intramolecular Hbond substituents is 1. The molecule has 2 rings (SSSR count). The zero-order valence-corrected chi connectivity index (χ0v) is 12.1. The Labute approximate surface area is 120 Å². The molecule has 2 N–H and O–H groups in total. The molecule has 1 saturated carbocycles. The molecule has 0 saturated heterocycles. The third-order valence-corrected chi connectivity index (χ3v) is 3.98. The molecule has 0 spiro atoms. The summed E-state index contributed by atoms with van der Waals surface area (Å²) in [4.78, 5) is 11.8. The molecule has 0 aromatic heterocycles. The SMILES string of the molecule is CCOC(=O)[C@@H]1CC[C@@H](Nc2cccc(O)c2)C[C@H]1C. The number of ether oxygens (including phenoxy) is 1. The number of rotatable bonds is 4. The highest BCUT2D eigenvalue weighted by atomic mass is 16.5. The van der Waals surface area contributed by atoms with Crippen molar-refractivity contribution >= 4 is 11.7 Å². The fraction of sp³-hybridized carbons (Fsp3) is 0.562. The van der Waals surface area contributed by atoms with Crippen LogP contribution in [0.3, 0.4) is 0 Å². The van der Waals surface area contributed by atoms with Gasteiger partial charge in [0.15, 0.2) is 0 Å². The molecule has 0 aliphatic heterocycles. The number of benzene rings is 1. The molecular formula is C16H23NO3. The second-order valence-corrected chi connectivity index (χ2v) is 5.54. The van der Waals surface area contributed by atoms with Crippen molar-refractivity contribution in [3.63, 3.8) is 0 Å². The maximum absolute atomic E-state index is 11.8. The number of aromatic hydroxyl groups is 1. The number of phenols is 1. The number of carbonyl (C=O) groups excluding carboxylic acids is 1. The summed E-state index contributed by atoms with van der Waals surface area (Å²) in [5.41, 5.74) is 0.928. The summed E-state index contributed by atoms with van der Waals surface area (Å²) in [6.45, 7) is 4.41. The maximum atomic E-state index is 11.8. The van der Waals surface area contributed by atoms with E-state index >= 15 is 0 Å². The van der Waals surface area contributed by atoms with Crippen molar-refractivity contribution in [2.24, 2.45) is 11.8 Å². The number of carbonyl (C=O) groups is 1. The van der Waals surface area contributed by atoms with E-state index in [1.165, 1.54) is 0 Å². The van der Waals surface area contributed by atoms with Gasteiger partial charge in [0.2, 0.25) is 0 Å². The number of hydrogen-bond donors (Lipinski definition) is 2. The zero-order chi connectivity index (χ0) is 14.5. The van der Waals surface area contributed by atoms with Crippen molar-refractivity contribution in [2.75, 3.05) is 11.9 Å². The number of hydrogen-bond acceptors (Lipinski definition) is 4. The van der Waals surface area contributed by atoms with E-state index < -0.39 is 0 Å². The average molecular weight is 277 g/mol. The number of nitrogens with one attached hydrogen (secondary N) is 1. The molecule has 20 heavy (non-hydrogen) atoms. The lowest BCUT2D eigenvalue weighted by molar-refractivity contribution is -0.151. The molecule has 1 aromatic carbocycles. The largest absolute Gasteiger partial charge is 0.508 e. The topological polar surface area (TPSA) is 58.6 Å². The predicted molar refractivity (Wildman–Crippen MR) is 78.7 cm³/mol. The quantitative estimate of drug-likeness (QED) is 0.830. The maximum Gasteiger partial charge on any atom is 0.309 e. The Hall–Kier alpha value is -1.71. The highest BCUT2D eigenvalue weighted by molar-refractivity contribution is 5.73. The number of esters is 1. The van der Waals surface area contributed by atoms with Crippen molar-refractivity contribution < 1.29 is 14.6 Å². The van der Waals surface area contributed by atoms with Crippen LogP contribution in [-0.4, -0.2) is 23.7 Å². The molecule has 0 radical (unpaired) electrons. The lowest BCUT2D eigenvalue weighted by atomic mass is 9.78. The van der Waals surface area contributed by atoms with Crippen LogP contribution in [0.4, 0.5) is 5.69 Å². The third kappa shape index (κ3) is 3.65. The molecule has 0 unspecified atom stereocenters. The Morgan fingerprint density at radius 1 is 1.45 bits per heavy atom. The summed E-state index contributed by atoms with van der Waals surface area (Å²) in [5.74, 6) is 0.550. The second kappa shape index (κ2) is 6.64. The van der Waals surface area contributed by atoms with Crippen LogP contribution in [0.5, 0.6) is 5.75 Å². The van der Waals surface area contributed by atoms with Crippen molar-refractivity contribution in [2.45, 2.75) is 39.2 Å². The first-order valence-electron chi connectivity index (χ1n) is 7.32. The first-order valence-corrected chi connectivity index (χ1v) is 7.32. The van der Waals surface area contributed by atoms with Crippen LogP contribution >= 0.6 is 0 Å². The van der Waals surface area contributed by atoms with Crippen LogP contribution < -0.4 is 5.32 Å². The van der Waals surface area contributed by atoms with Crippen LogP contribution in [0.25, 0.3) is 0 Å². The molecule has 110 valence electrons. The molecule has 0 bridgehead atoms. The summed E-state index contributed by atoms with van der Waals surface area (Å²) in [6, 6.07) is 7.50. The van der Waals surface area contributed by atoms with Gasteiger partial charge in [0, 0.05) is 17.8 Å². The van der Waals surface area contributed by atoms with Gasteiger partial charge in [-0.2, -0.15) is 0 Å². The van der Waals surface area contributed by atoms with E-state index in [1.54, 1.807) is 12.1 Å². The van der Waals surface area contributed by atoms with Crippen molar-refractivity contribution in [3.05, 3.63) is 24.3 Å². The van der Waals surface area contributed by atoms with E-state index in [1.807, 2.05) is 19.1 Å². The van der Waals surface area contributed by atoms with Gasteiger partial charge in [-0.15, -0.1) is 0 Å². The van der Waals surface area contributed by atoms with Gasteiger partial charge in [0.1, 0.15) is 5.75 Å². The normalized spacial score (nSPS) is 26.0. The molecule has 4 heteroatoms. The Bertz CT molecular complexity index is 461. The molecule has 1 aromatic rings. The standard InChI is InChI=1S/C16H23NO3/c1-3-20-16(19)15-8-7-13(9-11(15)2)17-12-5-4-6-14(18)10-12/h4-6,10-11,13,15,17-18H,3,7-9H2,1-2H3/t11-,13-,15-/m1/s1. The first kappa shape index (κ1) is 14.7. The molecule has 1 fully saturated rings.